The molecule has 3 atom stereocenters. The fourth-order valence-corrected chi connectivity index (χ4v) is 3.65. The Bertz CT molecular complexity index is 665. The van der Waals surface area contributed by atoms with Gasteiger partial charge >= 0.3 is 6.01 Å². The molecule has 0 radical (unpaired) electrons. The second kappa shape index (κ2) is 5.43. The molecule has 0 N–H and O–H groups in total. The van der Waals surface area contributed by atoms with Crippen LogP contribution in [0.15, 0.2) is 11.0 Å². The number of fused-ring (bicyclic) bond motifs is 4. The summed E-state index contributed by atoms with van der Waals surface area (Å²) in [5.41, 5.74) is 0.354. The van der Waals surface area contributed by atoms with Crippen molar-refractivity contribution in [1.29, 1.82) is 0 Å². The molecule has 1 fully saturated rings. The third-order valence-corrected chi connectivity index (χ3v) is 9.75. The number of hydrogen-bond donors (Lipinski definition) is 0. The Morgan fingerprint density at radius 3 is 2.78 bits per heavy atom. The summed E-state index contributed by atoms with van der Waals surface area (Å²) in [7, 11) is -1.82. The first-order valence-corrected chi connectivity index (χ1v) is 11.1. The monoisotopic (exact) mass is 338 g/mol. The van der Waals surface area contributed by atoms with E-state index in [1.54, 1.807) is 13.1 Å². The zero-order chi connectivity index (χ0) is 17.0. The average molecular weight is 338 g/mol. The van der Waals surface area contributed by atoms with E-state index in [2.05, 4.69) is 38.8 Å². The van der Waals surface area contributed by atoms with Gasteiger partial charge in [-0.2, -0.15) is 4.98 Å². The van der Waals surface area contributed by atoms with Crippen LogP contribution in [0.3, 0.4) is 0 Å². The molecule has 1 aromatic rings. The van der Waals surface area contributed by atoms with Gasteiger partial charge in [0.15, 0.2) is 8.32 Å². The molecule has 2 aliphatic heterocycles. The van der Waals surface area contributed by atoms with Gasteiger partial charge in [-0.25, -0.2) is 0 Å². The van der Waals surface area contributed by atoms with Crippen LogP contribution in [0.4, 0.5) is 0 Å². The fraction of sp³-hybridized carbons (Fsp3) is 0.750. The van der Waals surface area contributed by atoms with Gasteiger partial charge in [-0.15, -0.1) is 0 Å². The van der Waals surface area contributed by atoms with Crippen molar-refractivity contribution in [2.24, 2.45) is 0 Å². The van der Waals surface area contributed by atoms with Gasteiger partial charge in [0.2, 0.25) is 0 Å². The minimum atomic E-state index is -1.82. The summed E-state index contributed by atoms with van der Waals surface area (Å²) < 4.78 is 20.1. The molecule has 0 saturated carbocycles. The van der Waals surface area contributed by atoms with E-state index in [0.29, 0.717) is 18.2 Å². The maximum atomic E-state index is 11.7. The number of rotatable bonds is 3. The topological polar surface area (TPSA) is 62.6 Å². The maximum Gasteiger partial charge on any atom is 0.302 e. The standard InChI is InChI=1S/C16H26N2O4Si/c1-10-8-18-13-7-11(22-15(18)17-14(10)19)12(21-13)9-20-23(5,6)16(2,3)4/h8,11-13H,7,9H2,1-6H3/t11-,12+,13+/m0/s1. The van der Waals surface area contributed by atoms with E-state index in [4.69, 9.17) is 13.9 Å². The number of aromatic nitrogens is 2. The Morgan fingerprint density at radius 2 is 2.13 bits per heavy atom. The van der Waals surface area contributed by atoms with Gasteiger partial charge in [-0.05, 0) is 25.1 Å². The van der Waals surface area contributed by atoms with Gasteiger partial charge in [-0.1, -0.05) is 20.8 Å². The number of nitrogens with zero attached hydrogens (tertiary/aromatic N) is 2. The molecule has 1 aromatic heterocycles. The minimum absolute atomic E-state index is 0.0978. The van der Waals surface area contributed by atoms with Crippen LogP contribution in [-0.4, -0.2) is 36.7 Å². The first kappa shape index (κ1) is 16.7. The molecule has 128 valence electrons. The van der Waals surface area contributed by atoms with Crippen molar-refractivity contribution in [2.75, 3.05) is 6.61 Å². The highest BCUT2D eigenvalue weighted by Crippen LogP contribution is 2.40. The molecule has 2 bridgehead atoms. The molecule has 3 rings (SSSR count). The van der Waals surface area contributed by atoms with Crippen LogP contribution in [-0.2, 0) is 9.16 Å². The predicted octanol–water partition coefficient (Wildman–Crippen LogP) is 2.62. The van der Waals surface area contributed by atoms with Gasteiger partial charge in [-0.3, -0.25) is 9.36 Å². The maximum absolute atomic E-state index is 11.7. The Balaban J connectivity index is 1.73. The van der Waals surface area contributed by atoms with Crippen molar-refractivity contribution >= 4 is 8.32 Å². The van der Waals surface area contributed by atoms with Gasteiger partial charge < -0.3 is 13.9 Å². The van der Waals surface area contributed by atoms with Crippen molar-refractivity contribution in [2.45, 2.75) is 70.7 Å². The second-order valence-electron chi connectivity index (χ2n) is 8.01. The van der Waals surface area contributed by atoms with Crippen molar-refractivity contribution in [3.05, 3.63) is 22.1 Å². The molecule has 0 spiro atoms. The van der Waals surface area contributed by atoms with Crippen LogP contribution in [0.2, 0.25) is 18.1 Å². The molecule has 0 aromatic carbocycles. The highest BCUT2D eigenvalue weighted by Gasteiger charge is 2.45. The lowest BCUT2D eigenvalue weighted by Gasteiger charge is -2.37. The Kier molecular flexibility index (Phi) is 3.93. The molecule has 0 aliphatic carbocycles. The molecular weight excluding hydrogens is 312 g/mol. The molecule has 1 saturated heterocycles. The van der Waals surface area contributed by atoms with E-state index in [-0.39, 0.29) is 29.0 Å². The zero-order valence-electron chi connectivity index (χ0n) is 14.8. The summed E-state index contributed by atoms with van der Waals surface area (Å²) in [4.78, 5) is 15.7. The Hall–Kier alpha value is -1.18. The molecule has 23 heavy (non-hydrogen) atoms. The first-order valence-electron chi connectivity index (χ1n) is 8.14. The summed E-state index contributed by atoms with van der Waals surface area (Å²) in [5, 5.41) is 0.162. The third kappa shape index (κ3) is 2.97. The predicted molar refractivity (Wildman–Crippen MR) is 89.3 cm³/mol. The van der Waals surface area contributed by atoms with E-state index < -0.39 is 8.32 Å². The van der Waals surface area contributed by atoms with Crippen LogP contribution in [0.1, 0.15) is 39.0 Å². The highest BCUT2D eigenvalue weighted by atomic mass is 28.4. The number of aryl methyl sites for hydroxylation is 1. The summed E-state index contributed by atoms with van der Waals surface area (Å²) in [6.45, 7) is 13.4. The summed E-state index contributed by atoms with van der Waals surface area (Å²) in [5.74, 6) is 0. The Morgan fingerprint density at radius 1 is 1.43 bits per heavy atom. The minimum Gasteiger partial charge on any atom is -0.458 e. The average Bonchev–Trinajstić information content (AvgIpc) is 2.76. The van der Waals surface area contributed by atoms with Gasteiger partial charge in [0.25, 0.3) is 5.56 Å². The van der Waals surface area contributed by atoms with Crippen molar-refractivity contribution in [3.8, 4) is 6.01 Å². The van der Waals surface area contributed by atoms with Crippen LogP contribution in [0.5, 0.6) is 6.01 Å². The normalized spacial score (nSPS) is 26.8. The lowest BCUT2D eigenvalue weighted by Crippen LogP contribution is -2.44. The van der Waals surface area contributed by atoms with E-state index in [0.717, 1.165) is 6.42 Å². The van der Waals surface area contributed by atoms with Crippen LogP contribution in [0.25, 0.3) is 0 Å². The first-order chi connectivity index (χ1) is 10.6. The molecule has 2 aliphatic rings. The number of ether oxygens (including phenoxy) is 2. The van der Waals surface area contributed by atoms with E-state index >= 15 is 0 Å². The second-order valence-corrected chi connectivity index (χ2v) is 12.8. The lowest BCUT2D eigenvalue weighted by atomic mass is 10.1. The quantitative estimate of drug-likeness (QED) is 0.793. The summed E-state index contributed by atoms with van der Waals surface area (Å²) >= 11 is 0. The number of hydrogen-bond acceptors (Lipinski definition) is 5. The smallest absolute Gasteiger partial charge is 0.302 e. The molecule has 6 nitrogen and oxygen atoms in total. The Labute approximate surface area is 137 Å². The lowest BCUT2D eigenvalue weighted by molar-refractivity contribution is -0.0220. The van der Waals surface area contributed by atoms with Crippen molar-refractivity contribution < 1.29 is 13.9 Å². The van der Waals surface area contributed by atoms with Crippen LogP contribution in [0, 0.1) is 6.92 Å². The molecule has 0 unspecified atom stereocenters. The van der Waals surface area contributed by atoms with E-state index in [9.17, 15) is 4.79 Å². The molecule has 7 heteroatoms. The largest absolute Gasteiger partial charge is 0.458 e. The van der Waals surface area contributed by atoms with Gasteiger partial charge in [0.05, 0.1) is 6.61 Å². The van der Waals surface area contributed by atoms with Gasteiger partial charge in [0, 0.05) is 18.2 Å². The van der Waals surface area contributed by atoms with Crippen molar-refractivity contribution in [1.82, 2.24) is 9.55 Å². The third-order valence-electron chi connectivity index (χ3n) is 5.25. The van der Waals surface area contributed by atoms with Gasteiger partial charge in [0.1, 0.15) is 18.4 Å². The van der Waals surface area contributed by atoms with E-state index in [1.807, 2.05) is 4.57 Å². The van der Waals surface area contributed by atoms with Crippen molar-refractivity contribution in [3.63, 3.8) is 0 Å². The SMILES string of the molecule is Cc1cn2c(nc1=O)O[C@H]1C[C@H]2O[C@@H]1CO[Si](C)(C)C(C)(C)C. The molecule has 3 heterocycles. The summed E-state index contributed by atoms with van der Waals surface area (Å²) in [6, 6.07) is 0.358. The zero-order valence-corrected chi connectivity index (χ0v) is 15.8. The molecular formula is C16H26N2O4Si. The highest BCUT2D eigenvalue weighted by molar-refractivity contribution is 6.74. The summed E-state index contributed by atoms with van der Waals surface area (Å²) in [6.07, 6.45) is 2.19. The van der Waals surface area contributed by atoms with E-state index in [1.165, 1.54) is 0 Å². The fourth-order valence-electron chi connectivity index (χ4n) is 2.63. The van der Waals surface area contributed by atoms with Crippen LogP contribution >= 0.6 is 0 Å². The van der Waals surface area contributed by atoms with Crippen LogP contribution < -0.4 is 10.3 Å². The molecule has 0 amide bonds.